The lowest BCUT2D eigenvalue weighted by molar-refractivity contribution is 0.0687. The Balaban J connectivity index is 3.40. The lowest BCUT2D eigenvalue weighted by Crippen LogP contribution is -2.08. The molecule has 0 aliphatic carbocycles. The van der Waals surface area contributed by atoms with Crippen molar-refractivity contribution in [2.45, 2.75) is 6.92 Å². The SMILES string of the molecule is COc1nc(C)nc(OC)c1C(=O)O. The van der Waals surface area contributed by atoms with Crippen LogP contribution in [0, 0.1) is 6.92 Å². The molecule has 1 rings (SSSR count). The van der Waals surface area contributed by atoms with Crippen LogP contribution >= 0.6 is 0 Å². The number of carbonyl (C=O) groups is 1. The molecule has 0 spiro atoms. The smallest absolute Gasteiger partial charge is 0.346 e. The van der Waals surface area contributed by atoms with Crippen molar-refractivity contribution >= 4 is 5.97 Å². The number of ether oxygens (including phenoxy) is 2. The van der Waals surface area contributed by atoms with Gasteiger partial charge in [0.1, 0.15) is 5.82 Å². The van der Waals surface area contributed by atoms with Crippen LogP contribution in [0.4, 0.5) is 0 Å². The van der Waals surface area contributed by atoms with Crippen LogP contribution in [-0.2, 0) is 0 Å². The minimum Gasteiger partial charge on any atom is -0.480 e. The molecule has 0 fully saturated rings. The number of rotatable bonds is 3. The summed E-state index contributed by atoms with van der Waals surface area (Å²) >= 11 is 0. The van der Waals surface area contributed by atoms with Gasteiger partial charge in [0.15, 0.2) is 5.56 Å². The van der Waals surface area contributed by atoms with E-state index in [0.29, 0.717) is 5.82 Å². The summed E-state index contributed by atoms with van der Waals surface area (Å²) in [6.07, 6.45) is 0. The van der Waals surface area contributed by atoms with Gasteiger partial charge in [0.25, 0.3) is 0 Å². The Labute approximate surface area is 80.5 Å². The third-order valence-corrected chi connectivity index (χ3v) is 1.55. The number of aryl methyl sites for hydroxylation is 1. The normalized spacial score (nSPS) is 9.64. The van der Waals surface area contributed by atoms with Gasteiger partial charge in [-0.3, -0.25) is 0 Å². The van der Waals surface area contributed by atoms with Crippen LogP contribution in [0.2, 0.25) is 0 Å². The predicted octanol–water partition coefficient (Wildman–Crippen LogP) is 0.500. The van der Waals surface area contributed by atoms with Crippen molar-refractivity contribution in [3.63, 3.8) is 0 Å². The molecule has 0 amide bonds. The van der Waals surface area contributed by atoms with E-state index in [2.05, 4.69) is 9.97 Å². The van der Waals surface area contributed by atoms with Gasteiger partial charge >= 0.3 is 5.97 Å². The maximum atomic E-state index is 10.8. The van der Waals surface area contributed by atoms with Gasteiger partial charge < -0.3 is 14.6 Å². The molecule has 76 valence electrons. The molecule has 0 bridgehead atoms. The number of methoxy groups -OCH3 is 2. The van der Waals surface area contributed by atoms with Crippen molar-refractivity contribution in [1.82, 2.24) is 9.97 Å². The fourth-order valence-corrected chi connectivity index (χ4v) is 1.00. The summed E-state index contributed by atoms with van der Waals surface area (Å²) < 4.78 is 9.64. The van der Waals surface area contributed by atoms with E-state index in [1.807, 2.05) is 0 Å². The van der Waals surface area contributed by atoms with Crippen LogP contribution < -0.4 is 9.47 Å². The number of carboxylic acid groups (broad SMARTS) is 1. The van der Waals surface area contributed by atoms with Gasteiger partial charge in [-0.15, -0.1) is 0 Å². The Morgan fingerprint density at radius 1 is 1.21 bits per heavy atom. The first-order chi connectivity index (χ1) is 6.60. The summed E-state index contributed by atoms with van der Waals surface area (Å²) in [6, 6.07) is 0. The van der Waals surface area contributed by atoms with Crippen LogP contribution in [0.1, 0.15) is 16.2 Å². The fraction of sp³-hybridized carbons (Fsp3) is 0.375. The van der Waals surface area contributed by atoms with E-state index >= 15 is 0 Å². The topological polar surface area (TPSA) is 81.5 Å². The Kier molecular flexibility index (Phi) is 2.85. The van der Waals surface area contributed by atoms with E-state index in [9.17, 15) is 4.79 Å². The lowest BCUT2D eigenvalue weighted by atomic mass is 10.3. The Hall–Kier alpha value is -1.85. The van der Waals surface area contributed by atoms with E-state index in [1.165, 1.54) is 14.2 Å². The molecule has 0 saturated heterocycles. The minimum absolute atomic E-state index is 0.00171. The Morgan fingerprint density at radius 2 is 1.64 bits per heavy atom. The van der Waals surface area contributed by atoms with E-state index in [1.54, 1.807) is 6.92 Å². The molecule has 0 radical (unpaired) electrons. The number of hydrogen-bond donors (Lipinski definition) is 1. The molecule has 1 aromatic rings. The average molecular weight is 198 g/mol. The molecule has 1 N–H and O–H groups in total. The molecule has 0 saturated carbocycles. The molecule has 1 aromatic heterocycles. The molecule has 0 unspecified atom stereocenters. The van der Waals surface area contributed by atoms with E-state index in [0.717, 1.165) is 0 Å². The van der Waals surface area contributed by atoms with Gasteiger partial charge in [-0.2, -0.15) is 9.97 Å². The number of carboxylic acids is 1. The standard InChI is InChI=1S/C8H10N2O4/c1-4-9-6(13-2)5(8(11)12)7(10-4)14-3/h1-3H3,(H,11,12). The zero-order valence-electron chi connectivity index (χ0n) is 8.07. The zero-order chi connectivity index (χ0) is 10.7. The maximum absolute atomic E-state index is 10.8. The molecule has 6 nitrogen and oxygen atoms in total. The third-order valence-electron chi connectivity index (χ3n) is 1.55. The largest absolute Gasteiger partial charge is 0.480 e. The monoisotopic (exact) mass is 198 g/mol. The first-order valence-electron chi connectivity index (χ1n) is 3.80. The van der Waals surface area contributed by atoms with E-state index in [-0.39, 0.29) is 17.3 Å². The Bertz CT molecular complexity index is 339. The van der Waals surface area contributed by atoms with Gasteiger partial charge in [0.2, 0.25) is 11.8 Å². The van der Waals surface area contributed by atoms with Crippen LogP contribution in [0.25, 0.3) is 0 Å². The van der Waals surface area contributed by atoms with Crippen molar-refractivity contribution in [3.05, 3.63) is 11.4 Å². The van der Waals surface area contributed by atoms with Crippen molar-refractivity contribution in [2.75, 3.05) is 14.2 Å². The summed E-state index contributed by atoms with van der Waals surface area (Å²) in [7, 11) is 2.68. The highest BCUT2D eigenvalue weighted by Crippen LogP contribution is 2.24. The summed E-state index contributed by atoms with van der Waals surface area (Å²) in [5.74, 6) is -0.786. The molecule has 6 heteroatoms. The van der Waals surface area contributed by atoms with Crippen LogP contribution in [0.15, 0.2) is 0 Å². The van der Waals surface area contributed by atoms with Crippen molar-refractivity contribution < 1.29 is 19.4 Å². The molecule has 0 atom stereocenters. The van der Waals surface area contributed by atoms with Gasteiger partial charge in [-0.05, 0) is 6.92 Å². The van der Waals surface area contributed by atoms with Gasteiger partial charge in [0.05, 0.1) is 14.2 Å². The highest BCUT2D eigenvalue weighted by Gasteiger charge is 2.21. The number of aromatic carboxylic acids is 1. The second-order valence-corrected chi connectivity index (χ2v) is 2.47. The van der Waals surface area contributed by atoms with Crippen LogP contribution in [0.5, 0.6) is 11.8 Å². The minimum atomic E-state index is -1.18. The summed E-state index contributed by atoms with van der Waals surface area (Å²) in [4.78, 5) is 18.5. The van der Waals surface area contributed by atoms with Gasteiger partial charge in [-0.25, -0.2) is 4.79 Å². The first-order valence-corrected chi connectivity index (χ1v) is 3.80. The number of hydrogen-bond acceptors (Lipinski definition) is 5. The van der Waals surface area contributed by atoms with Gasteiger partial charge in [0, 0.05) is 0 Å². The Morgan fingerprint density at radius 3 is 1.93 bits per heavy atom. The highest BCUT2D eigenvalue weighted by atomic mass is 16.5. The third kappa shape index (κ3) is 1.73. The first kappa shape index (κ1) is 10.2. The van der Waals surface area contributed by atoms with Crippen LogP contribution in [-0.4, -0.2) is 35.3 Å². The lowest BCUT2D eigenvalue weighted by Gasteiger charge is -2.08. The van der Waals surface area contributed by atoms with Crippen LogP contribution in [0.3, 0.4) is 0 Å². The number of nitrogens with zero attached hydrogens (tertiary/aromatic N) is 2. The molecule has 14 heavy (non-hydrogen) atoms. The highest BCUT2D eigenvalue weighted by molar-refractivity contribution is 5.92. The molecular formula is C8H10N2O4. The van der Waals surface area contributed by atoms with Crippen molar-refractivity contribution in [1.29, 1.82) is 0 Å². The van der Waals surface area contributed by atoms with E-state index < -0.39 is 5.97 Å². The summed E-state index contributed by atoms with van der Waals surface area (Å²) in [6.45, 7) is 1.62. The number of aromatic nitrogens is 2. The quantitative estimate of drug-likeness (QED) is 0.761. The maximum Gasteiger partial charge on any atom is 0.346 e. The average Bonchev–Trinajstić information content (AvgIpc) is 2.15. The van der Waals surface area contributed by atoms with Gasteiger partial charge in [-0.1, -0.05) is 0 Å². The predicted molar refractivity (Wildman–Crippen MR) is 46.8 cm³/mol. The molecule has 0 aliphatic rings. The van der Waals surface area contributed by atoms with E-state index in [4.69, 9.17) is 14.6 Å². The zero-order valence-corrected chi connectivity index (χ0v) is 8.07. The van der Waals surface area contributed by atoms with Crippen molar-refractivity contribution in [3.8, 4) is 11.8 Å². The fourth-order valence-electron chi connectivity index (χ4n) is 1.00. The second kappa shape index (κ2) is 3.91. The molecule has 0 aliphatic heterocycles. The molecular weight excluding hydrogens is 188 g/mol. The summed E-state index contributed by atoms with van der Waals surface area (Å²) in [5, 5.41) is 8.86. The van der Waals surface area contributed by atoms with Crippen molar-refractivity contribution in [2.24, 2.45) is 0 Å². The molecule has 0 aromatic carbocycles. The second-order valence-electron chi connectivity index (χ2n) is 2.47. The summed E-state index contributed by atoms with van der Waals surface area (Å²) in [5.41, 5.74) is -0.166. The molecule has 1 heterocycles.